The highest BCUT2D eigenvalue weighted by Crippen LogP contribution is 2.32. The Morgan fingerprint density at radius 1 is 1.26 bits per heavy atom. The molecule has 0 saturated carbocycles. The molecule has 0 atom stereocenters. The van der Waals surface area contributed by atoms with Crippen LogP contribution in [0.3, 0.4) is 0 Å². The van der Waals surface area contributed by atoms with Crippen LogP contribution in [0.2, 0.25) is 0 Å². The fraction of sp³-hybridized carbons (Fsp3) is 0.111. The van der Waals surface area contributed by atoms with Crippen molar-refractivity contribution in [1.82, 2.24) is 19.7 Å². The maximum Gasteiger partial charge on any atom is 0.416 e. The second-order valence-corrected chi connectivity index (χ2v) is 5.78. The number of halogens is 3. The van der Waals surface area contributed by atoms with Gasteiger partial charge in [-0.05, 0) is 36.8 Å². The van der Waals surface area contributed by atoms with Crippen molar-refractivity contribution in [2.75, 3.05) is 0 Å². The summed E-state index contributed by atoms with van der Waals surface area (Å²) in [5, 5.41) is 4.13. The van der Waals surface area contributed by atoms with Crippen LogP contribution in [0.1, 0.15) is 16.7 Å². The lowest BCUT2D eigenvalue weighted by Gasteiger charge is -2.09. The molecule has 0 bridgehead atoms. The van der Waals surface area contributed by atoms with Crippen LogP contribution in [0.25, 0.3) is 23.2 Å². The lowest BCUT2D eigenvalue weighted by molar-refractivity contribution is -0.137. The maximum absolute atomic E-state index is 13.0. The molecule has 0 aliphatic carbocycles. The Kier molecular flexibility index (Phi) is 4.76. The molecular formula is C18H14F3N5O. The molecule has 9 heteroatoms. The van der Waals surface area contributed by atoms with Crippen molar-refractivity contribution in [2.45, 2.75) is 13.1 Å². The SMILES string of the molecule is Cc1cc(-c2ncn(/C=C(/C(N)=O)c3cccnc3)n2)cc(C(F)(F)F)c1. The van der Waals surface area contributed by atoms with E-state index in [4.69, 9.17) is 5.73 Å². The van der Waals surface area contributed by atoms with Gasteiger partial charge in [-0.1, -0.05) is 6.07 Å². The number of amides is 1. The van der Waals surface area contributed by atoms with Gasteiger partial charge in [0, 0.05) is 29.7 Å². The Labute approximate surface area is 152 Å². The molecule has 0 radical (unpaired) electrons. The number of alkyl halides is 3. The third kappa shape index (κ3) is 4.20. The highest BCUT2D eigenvalue weighted by Gasteiger charge is 2.31. The van der Waals surface area contributed by atoms with Crippen molar-refractivity contribution in [1.29, 1.82) is 0 Å². The number of benzene rings is 1. The Balaban J connectivity index is 2.00. The summed E-state index contributed by atoms with van der Waals surface area (Å²) >= 11 is 0. The predicted octanol–water partition coefficient (Wildman–Crippen LogP) is 3.15. The molecule has 3 aromatic rings. The number of pyridine rings is 1. The van der Waals surface area contributed by atoms with Crippen LogP contribution < -0.4 is 5.73 Å². The van der Waals surface area contributed by atoms with E-state index >= 15 is 0 Å². The van der Waals surface area contributed by atoms with Gasteiger partial charge in [-0.2, -0.15) is 13.2 Å². The zero-order valence-electron chi connectivity index (χ0n) is 14.1. The summed E-state index contributed by atoms with van der Waals surface area (Å²) in [5.41, 5.74) is 5.89. The van der Waals surface area contributed by atoms with Gasteiger partial charge in [0.15, 0.2) is 5.82 Å². The zero-order chi connectivity index (χ0) is 19.6. The van der Waals surface area contributed by atoms with Crippen molar-refractivity contribution < 1.29 is 18.0 Å². The fourth-order valence-electron chi connectivity index (χ4n) is 2.48. The number of hydrogen-bond acceptors (Lipinski definition) is 4. The topological polar surface area (TPSA) is 86.7 Å². The Morgan fingerprint density at radius 2 is 2.04 bits per heavy atom. The number of carbonyl (C=O) groups is 1. The number of primary amides is 1. The number of nitrogens with two attached hydrogens (primary N) is 1. The summed E-state index contributed by atoms with van der Waals surface area (Å²) in [4.78, 5) is 19.7. The number of nitrogens with zero attached hydrogens (tertiary/aromatic N) is 4. The molecule has 138 valence electrons. The maximum atomic E-state index is 13.0. The van der Waals surface area contributed by atoms with Crippen molar-refractivity contribution in [3.8, 4) is 11.4 Å². The van der Waals surface area contributed by atoms with Gasteiger partial charge in [0.05, 0.1) is 11.1 Å². The van der Waals surface area contributed by atoms with Crippen LogP contribution in [0, 0.1) is 6.92 Å². The molecule has 0 aliphatic heterocycles. The molecule has 1 aromatic carbocycles. The molecule has 0 aliphatic rings. The largest absolute Gasteiger partial charge is 0.416 e. The number of rotatable bonds is 4. The second kappa shape index (κ2) is 7.02. The van der Waals surface area contributed by atoms with E-state index in [-0.39, 0.29) is 17.0 Å². The van der Waals surface area contributed by atoms with Gasteiger partial charge >= 0.3 is 6.18 Å². The highest BCUT2D eigenvalue weighted by molar-refractivity contribution is 6.22. The minimum absolute atomic E-state index is 0.0930. The highest BCUT2D eigenvalue weighted by atomic mass is 19.4. The van der Waals surface area contributed by atoms with Gasteiger partial charge in [0.25, 0.3) is 5.91 Å². The monoisotopic (exact) mass is 373 g/mol. The number of hydrogen-bond donors (Lipinski definition) is 1. The lowest BCUT2D eigenvalue weighted by Crippen LogP contribution is -2.14. The first-order chi connectivity index (χ1) is 12.7. The predicted molar refractivity (Wildman–Crippen MR) is 92.8 cm³/mol. The number of aryl methyl sites for hydroxylation is 1. The van der Waals surface area contributed by atoms with E-state index in [2.05, 4.69) is 15.1 Å². The van der Waals surface area contributed by atoms with E-state index in [1.165, 1.54) is 23.4 Å². The summed E-state index contributed by atoms with van der Waals surface area (Å²) < 4.78 is 40.2. The van der Waals surface area contributed by atoms with Crippen molar-refractivity contribution in [3.63, 3.8) is 0 Å². The molecule has 2 heterocycles. The normalized spacial score (nSPS) is 12.2. The lowest BCUT2D eigenvalue weighted by atomic mass is 10.1. The van der Waals surface area contributed by atoms with Gasteiger partial charge in [-0.15, -0.1) is 5.10 Å². The van der Waals surface area contributed by atoms with Gasteiger partial charge < -0.3 is 5.73 Å². The number of carbonyl (C=O) groups excluding carboxylic acids is 1. The van der Waals surface area contributed by atoms with Crippen LogP contribution in [0.15, 0.2) is 49.1 Å². The molecule has 27 heavy (non-hydrogen) atoms. The quantitative estimate of drug-likeness (QED) is 0.712. The van der Waals surface area contributed by atoms with E-state index in [0.29, 0.717) is 11.1 Å². The molecule has 6 nitrogen and oxygen atoms in total. The molecule has 0 saturated heterocycles. The molecule has 2 N–H and O–H groups in total. The summed E-state index contributed by atoms with van der Waals surface area (Å²) in [7, 11) is 0. The van der Waals surface area contributed by atoms with Crippen LogP contribution in [-0.4, -0.2) is 25.7 Å². The van der Waals surface area contributed by atoms with E-state index in [1.54, 1.807) is 31.3 Å². The van der Waals surface area contributed by atoms with Gasteiger partial charge in [-0.3, -0.25) is 9.78 Å². The average Bonchev–Trinajstić information content (AvgIpc) is 3.08. The van der Waals surface area contributed by atoms with E-state index in [9.17, 15) is 18.0 Å². The first kappa shape index (κ1) is 18.3. The van der Waals surface area contributed by atoms with Crippen LogP contribution in [0.5, 0.6) is 0 Å². The third-order valence-electron chi connectivity index (χ3n) is 3.67. The van der Waals surface area contributed by atoms with Gasteiger partial charge in [0.1, 0.15) is 6.33 Å². The summed E-state index contributed by atoms with van der Waals surface area (Å²) in [5.74, 6) is -0.606. The minimum atomic E-state index is -4.47. The molecule has 1 amide bonds. The zero-order valence-corrected chi connectivity index (χ0v) is 14.1. The van der Waals surface area contributed by atoms with E-state index in [1.807, 2.05) is 0 Å². The first-order valence-corrected chi connectivity index (χ1v) is 7.76. The number of aromatic nitrogens is 4. The first-order valence-electron chi connectivity index (χ1n) is 7.76. The van der Waals surface area contributed by atoms with E-state index in [0.717, 1.165) is 12.1 Å². The molecule has 0 spiro atoms. The van der Waals surface area contributed by atoms with Crippen LogP contribution in [-0.2, 0) is 11.0 Å². The molecule has 0 fully saturated rings. The summed E-state index contributed by atoms with van der Waals surface area (Å²) in [6, 6.07) is 6.87. The standard InChI is InChI=1S/C18H14F3N5O/c1-11-5-13(7-14(6-11)18(19,20)21)17-24-10-26(25-17)9-15(16(22)27)12-3-2-4-23-8-12/h2-10H,1H3,(H2,22,27)/b15-9+. The molecular weight excluding hydrogens is 359 g/mol. The van der Waals surface area contributed by atoms with Crippen molar-refractivity contribution in [3.05, 3.63) is 65.7 Å². The Morgan fingerprint density at radius 3 is 2.67 bits per heavy atom. The van der Waals surface area contributed by atoms with Gasteiger partial charge in [0.2, 0.25) is 0 Å². The molecule has 2 aromatic heterocycles. The average molecular weight is 373 g/mol. The van der Waals surface area contributed by atoms with Crippen molar-refractivity contribution in [2.24, 2.45) is 5.73 Å². The second-order valence-electron chi connectivity index (χ2n) is 5.78. The molecule has 0 unspecified atom stereocenters. The van der Waals surface area contributed by atoms with Crippen LogP contribution >= 0.6 is 0 Å². The fourth-order valence-corrected chi connectivity index (χ4v) is 2.48. The minimum Gasteiger partial charge on any atom is -0.366 e. The van der Waals surface area contributed by atoms with E-state index < -0.39 is 17.6 Å². The van der Waals surface area contributed by atoms with Gasteiger partial charge in [-0.25, -0.2) is 9.67 Å². The summed E-state index contributed by atoms with van der Waals surface area (Å²) in [6.07, 6.45) is 1.17. The van der Waals surface area contributed by atoms with Crippen LogP contribution in [0.4, 0.5) is 13.2 Å². The Hall–Kier alpha value is -3.49. The van der Waals surface area contributed by atoms with Crippen molar-refractivity contribution >= 4 is 17.7 Å². The summed E-state index contributed by atoms with van der Waals surface area (Å²) in [6.45, 7) is 1.56. The smallest absolute Gasteiger partial charge is 0.366 e. The molecule has 3 rings (SSSR count). The Bertz CT molecular complexity index is 1010. The third-order valence-corrected chi connectivity index (χ3v) is 3.67.